The summed E-state index contributed by atoms with van der Waals surface area (Å²) in [6.07, 6.45) is -0.0277. The van der Waals surface area contributed by atoms with Gasteiger partial charge in [-0.3, -0.25) is 34.3 Å². The first-order chi connectivity index (χ1) is 30.2. The van der Waals surface area contributed by atoms with Crippen molar-refractivity contribution in [1.82, 2.24) is 50.9 Å². The van der Waals surface area contributed by atoms with E-state index in [-0.39, 0.29) is 41.8 Å². The molecule has 6 aromatic rings. The average Bonchev–Trinajstić information content (AvgIpc) is 4.01. The van der Waals surface area contributed by atoms with Gasteiger partial charge in [-0.25, -0.2) is 0 Å². The Morgan fingerprint density at radius 2 is 1.00 bits per heavy atom. The molecule has 24 heteroatoms. The Bertz CT molecular complexity index is 2320. The molecule has 2 aliphatic rings. The van der Waals surface area contributed by atoms with Crippen molar-refractivity contribution < 1.29 is 54.9 Å². The third-order valence-corrected chi connectivity index (χ3v) is 9.29. The highest BCUT2D eigenvalue weighted by atomic mass is 19.4. The Labute approximate surface area is 352 Å². The maximum absolute atomic E-state index is 12.7. The van der Waals surface area contributed by atoms with Crippen molar-refractivity contribution >= 4 is 29.7 Å². The first-order valence-corrected chi connectivity index (χ1v) is 19.0. The SMILES string of the molecule is O=C(Nc1ccnc(-c2cc(-c3noc(C(F)(F)F)n3)ccn2)c1)C1CCCNC1.O=C(Nc1ccnc(-c2cc(-c3noc(C(F)(F)F)n3)ccn2)c1)C1CCCNC1.O=CO. The molecule has 2 amide bonds. The summed E-state index contributed by atoms with van der Waals surface area (Å²) in [6, 6.07) is 12.6. The van der Waals surface area contributed by atoms with Gasteiger partial charge < -0.3 is 35.4 Å². The number of carbonyl (C=O) groups is 3. The number of pyridine rings is 4. The fourth-order valence-corrected chi connectivity index (χ4v) is 6.27. The third kappa shape index (κ3) is 12.4. The van der Waals surface area contributed by atoms with Gasteiger partial charge in [0.1, 0.15) is 0 Å². The largest absolute Gasteiger partial charge is 0.483 e. The van der Waals surface area contributed by atoms with Crippen molar-refractivity contribution in [3.05, 3.63) is 85.1 Å². The van der Waals surface area contributed by atoms with Crippen molar-refractivity contribution in [3.8, 4) is 45.6 Å². The maximum atomic E-state index is 12.7. The van der Waals surface area contributed by atoms with E-state index in [1.54, 1.807) is 24.3 Å². The van der Waals surface area contributed by atoms with Crippen LogP contribution in [0.3, 0.4) is 0 Å². The highest BCUT2D eigenvalue weighted by Crippen LogP contribution is 2.32. The van der Waals surface area contributed by atoms with Gasteiger partial charge in [-0.15, -0.1) is 0 Å². The monoisotopic (exact) mass is 882 g/mol. The Hall–Kier alpha value is -7.21. The Kier molecular flexibility index (Phi) is 14.8. The lowest BCUT2D eigenvalue weighted by atomic mass is 9.99. The van der Waals surface area contributed by atoms with Gasteiger partial charge in [-0.1, -0.05) is 10.3 Å². The van der Waals surface area contributed by atoms with Crippen molar-refractivity contribution in [2.75, 3.05) is 36.8 Å². The summed E-state index contributed by atoms with van der Waals surface area (Å²) in [4.78, 5) is 56.9. The van der Waals surface area contributed by atoms with Crippen LogP contribution in [0, 0.1) is 11.8 Å². The molecular formula is C39H36F6N12O6. The summed E-state index contributed by atoms with van der Waals surface area (Å²) >= 11 is 0. The van der Waals surface area contributed by atoms with Crippen LogP contribution in [0.4, 0.5) is 37.7 Å². The molecule has 18 nitrogen and oxygen atoms in total. The molecular weight excluding hydrogens is 846 g/mol. The first-order valence-electron chi connectivity index (χ1n) is 19.0. The zero-order valence-electron chi connectivity index (χ0n) is 32.7. The fraction of sp³-hybridized carbons (Fsp3) is 0.308. The molecule has 2 fully saturated rings. The van der Waals surface area contributed by atoms with E-state index in [1.165, 1.54) is 49.1 Å². The number of alkyl halides is 6. The molecule has 2 saturated heterocycles. The van der Waals surface area contributed by atoms with Crippen LogP contribution in [0.5, 0.6) is 0 Å². The number of nitrogens with one attached hydrogen (secondary N) is 4. The molecule has 2 unspecified atom stereocenters. The number of hydrogen-bond acceptors (Lipinski definition) is 15. The predicted octanol–water partition coefficient (Wildman–Crippen LogP) is 6.00. The molecule has 63 heavy (non-hydrogen) atoms. The molecule has 0 saturated carbocycles. The minimum atomic E-state index is -4.72. The van der Waals surface area contributed by atoms with Crippen LogP contribution in [0.15, 0.2) is 82.4 Å². The molecule has 5 N–H and O–H groups in total. The van der Waals surface area contributed by atoms with E-state index in [0.717, 1.165) is 38.8 Å². The molecule has 2 aliphatic heterocycles. The number of nitrogens with zero attached hydrogens (tertiary/aromatic N) is 8. The minimum absolute atomic E-state index is 0.0764. The summed E-state index contributed by atoms with van der Waals surface area (Å²) in [7, 11) is 0. The van der Waals surface area contributed by atoms with Crippen molar-refractivity contribution in [2.45, 2.75) is 38.0 Å². The van der Waals surface area contributed by atoms with Gasteiger partial charge >= 0.3 is 24.1 Å². The summed E-state index contributed by atoms with van der Waals surface area (Å²) in [6.45, 7) is 2.85. The van der Waals surface area contributed by atoms with E-state index in [2.05, 4.69) is 70.5 Å². The predicted molar refractivity (Wildman–Crippen MR) is 209 cm³/mol. The van der Waals surface area contributed by atoms with Gasteiger partial charge in [-0.05, 0) is 87.3 Å². The molecule has 8 rings (SSSR count). The quantitative estimate of drug-likeness (QED) is 0.0868. The second kappa shape index (κ2) is 20.6. The Morgan fingerprint density at radius 1 is 0.635 bits per heavy atom. The summed E-state index contributed by atoms with van der Waals surface area (Å²) in [5, 5.41) is 25.8. The van der Waals surface area contributed by atoms with Crippen LogP contribution < -0.4 is 21.3 Å². The lowest BCUT2D eigenvalue weighted by Crippen LogP contribution is -2.37. The number of rotatable bonds is 8. The maximum Gasteiger partial charge on any atom is 0.471 e. The smallest absolute Gasteiger partial charge is 0.471 e. The Morgan fingerprint density at radius 3 is 1.33 bits per heavy atom. The molecule has 2 atom stereocenters. The molecule has 330 valence electrons. The lowest BCUT2D eigenvalue weighted by Gasteiger charge is -2.21. The van der Waals surface area contributed by atoms with Crippen LogP contribution in [-0.4, -0.2) is 89.8 Å². The number of amides is 2. The van der Waals surface area contributed by atoms with E-state index in [4.69, 9.17) is 9.90 Å². The summed E-state index contributed by atoms with van der Waals surface area (Å²) < 4.78 is 84.7. The number of halogens is 6. The van der Waals surface area contributed by atoms with Gasteiger partial charge in [0.05, 0.1) is 34.6 Å². The minimum Gasteiger partial charge on any atom is -0.483 e. The third-order valence-electron chi connectivity index (χ3n) is 9.29. The van der Waals surface area contributed by atoms with Crippen LogP contribution in [0.1, 0.15) is 37.5 Å². The summed E-state index contributed by atoms with van der Waals surface area (Å²) in [5.41, 5.74) is 3.37. The highest BCUT2D eigenvalue weighted by molar-refractivity contribution is 5.94. The summed E-state index contributed by atoms with van der Waals surface area (Å²) in [5.74, 6) is -3.61. The van der Waals surface area contributed by atoms with Crippen LogP contribution in [-0.2, 0) is 26.7 Å². The molecule has 0 radical (unpaired) electrons. The van der Waals surface area contributed by atoms with Gasteiger partial charge in [-0.2, -0.15) is 36.3 Å². The first kappa shape index (κ1) is 45.3. The second-order valence-corrected chi connectivity index (χ2v) is 13.7. The van der Waals surface area contributed by atoms with Crippen molar-refractivity contribution in [1.29, 1.82) is 0 Å². The molecule has 0 bridgehead atoms. The molecule has 6 aromatic heterocycles. The Balaban J connectivity index is 0.000000198. The van der Waals surface area contributed by atoms with E-state index in [9.17, 15) is 35.9 Å². The molecule has 0 aromatic carbocycles. The molecule has 8 heterocycles. The lowest BCUT2D eigenvalue weighted by molar-refractivity contribution is -0.160. The van der Waals surface area contributed by atoms with Crippen LogP contribution >= 0.6 is 0 Å². The normalized spacial score (nSPS) is 16.3. The van der Waals surface area contributed by atoms with Crippen molar-refractivity contribution in [2.24, 2.45) is 11.8 Å². The average molecular weight is 883 g/mol. The van der Waals surface area contributed by atoms with Gasteiger partial charge in [0, 0.05) is 60.4 Å². The number of aromatic nitrogens is 8. The molecule has 0 aliphatic carbocycles. The zero-order chi connectivity index (χ0) is 45.0. The number of carbonyl (C=O) groups excluding carboxylic acids is 2. The van der Waals surface area contributed by atoms with Gasteiger partial charge in [0.25, 0.3) is 6.47 Å². The fourth-order valence-electron chi connectivity index (χ4n) is 6.27. The number of carboxylic acid groups (broad SMARTS) is 1. The van der Waals surface area contributed by atoms with E-state index in [0.29, 0.717) is 58.4 Å². The number of piperidine rings is 2. The second-order valence-electron chi connectivity index (χ2n) is 13.7. The molecule has 0 spiro atoms. The van der Waals surface area contributed by atoms with Crippen LogP contribution in [0.25, 0.3) is 45.6 Å². The zero-order valence-corrected chi connectivity index (χ0v) is 32.7. The van der Waals surface area contributed by atoms with Crippen molar-refractivity contribution in [3.63, 3.8) is 0 Å². The topological polar surface area (TPSA) is 249 Å². The van der Waals surface area contributed by atoms with Gasteiger partial charge in [0.15, 0.2) is 0 Å². The van der Waals surface area contributed by atoms with E-state index < -0.39 is 24.1 Å². The number of anilines is 2. The number of hydrogen-bond donors (Lipinski definition) is 5. The highest BCUT2D eigenvalue weighted by Gasteiger charge is 2.39. The van der Waals surface area contributed by atoms with Gasteiger partial charge in [0.2, 0.25) is 23.5 Å². The standard InChI is InChI=1S/2C19H17F3N6O2.CH2O2/c2*20-19(21,22)18-27-16(28-30-18)11-3-6-24-14(8-11)15-9-13(4-7-25-15)26-17(29)12-2-1-5-23-10-12;2-1-3/h2*3-4,6-9,12,23H,1-2,5,10H2,(H,25,26,29);1H,(H,2,3). The van der Waals surface area contributed by atoms with E-state index >= 15 is 0 Å². The van der Waals surface area contributed by atoms with Crippen LogP contribution in [0.2, 0.25) is 0 Å². The van der Waals surface area contributed by atoms with E-state index in [1.807, 2.05) is 0 Å².